The summed E-state index contributed by atoms with van der Waals surface area (Å²) in [4.78, 5) is 0. The molecule has 3 N–H and O–H groups in total. The number of rotatable bonds is 8. The molecule has 21 heavy (non-hydrogen) atoms. The fraction of sp³-hybridized carbons (Fsp3) is 0.667. The third kappa shape index (κ3) is 6.60. The standard InChI is InChI=1S/C18H31NO2/c1-13(2)10-18(5,21)12-19-11-17(20)16-8-6-15(7-9-16)14(3)4/h6-9,13-14,17,19-21H,10-12H2,1-5H3. The Morgan fingerprint density at radius 2 is 1.57 bits per heavy atom. The van der Waals surface area contributed by atoms with Crippen LogP contribution in [0.2, 0.25) is 0 Å². The lowest BCUT2D eigenvalue weighted by Gasteiger charge is -2.26. The Labute approximate surface area is 129 Å². The Hall–Kier alpha value is -0.900. The van der Waals surface area contributed by atoms with Crippen LogP contribution < -0.4 is 5.32 Å². The van der Waals surface area contributed by atoms with E-state index in [1.54, 1.807) is 0 Å². The van der Waals surface area contributed by atoms with Crippen molar-refractivity contribution < 1.29 is 10.2 Å². The van der Waals surface area contributed by atoms with Gasteiger partial charge in [0.1, 0.15) is 0 Å². The van der Waals surface area contributed by atoms with Gasteiger partial charge in [-0.2, -0.15) is 0 Å². The molecule has 3 heteroatoms. The molecular formula is C18H31NO2. The van der Waals surface area contributed by atoms with Crippen LogP contribution in [0.15, 0.2) is 24.3 Å². The highest BCUT2D eigenvalue weighted by Crippen LogP contribution is 2.19. The lowest BCUT2D eigenvalue weighted by Crippen LogP contribution is -2.40. The van der Waals surface area contributed by atoms with Gasteiger partial charge in [-0.05, 0) is 36.3 Å². The van der Waals surface area contributed by atoms with E-state index in [9.17, 15) is 10.2 Å². The van der Waals surface area contributed by atoms with Gasteiger partial charge >= 0.3 is 0 Å². The maximum Gasteiger partial charge on any atom is 0.0914 e. The monoisotopic (exact) mass is 293 g/mol. The molecule has 1 rings (SSSR count). The molecule has 0 saturated carbocycles. The van der Waals surface area contributed by atoms with Gasteiger partial charge in [-0.25, -0.2) is 0 Å². The highest BCUT2D eigenvalue weighted by Gasteiger charge is 2.21. The zero-order chi connectivity index (χ0) is 16.0. The number of aliphatic hydroxyl groups excluding tert-OH is 1. The number of aliphatic hydroxyl groups is 2. The van der Waals surface area contributed by atoms with Gasteiger partial charge in [0, 0.05) is 13.1 Å². The molecule has 120 valence electrons. The highest BCUT2D eigenvalue weighted by molar-refractivity contribution is 5.26. The topological polar surface area (TPSA) is 52.5 Å². The number of benzene rings is 1. The normalized spacial score (nSPS) is 16.2. The molecule has 0 aliphatic rings. The predicted molar refractivity (Wildman–Crippen MR) is 88.4 cm³/mol. The summed E-state index contributed by atoms with van der Waals surface area (Å²) in [7, 11) is 0. The zero-order valence-electron chi connectivity index (χ0n) is 14.1. The van der Waals surface area contributed by atoms with Crippen LogP contribution >= 0.6 is 0 Å². The van der Waals surface area contributed by atoms with Crippen molar-refractivity contribution in [1.82, 2.24) is 5.32 Å². The van der Waals surface area contributed by atoms with E-state index in [1.165, 1.54) is 5.56 Å². The molecule has 0 amide bonds. The molecule has 1 aromatic carbocycles. The Morgan fingerprint density at radius 1 is 1.05 bits per heavy atom. The molecular weight excluding hydrogens is 262 g/mol. The fourth-order valence-corrected chi connectivity index (χ4v) is 2.65. The van der Waals surface area contributed by atoms with Gasteiger partial charge in [-0.3, -0.25) is 0 Å². The second-order valence-electron chi connectivity index (χ2n) is 7.06. The maximum absolute atomic E-state index is 10.2. The molecule has 0 fully saturated rings. The first-order valence-corrected chi connectivity index (χ1v) is 7.92. The van der Waals surface area contributed by atoms with Gasteiger partial charge < -0.3 is 15.5 Å². The van der Waals surface area contributed by atoms with E-state index in [-0.39, 0.29) is 0 Å². The first-order chi connectivity index (χ1) is 9.71. The molecule has 0 aliphatic carbocycles. The van der Waals surface area contributed by atoms with Crippen molar-refractivity contribution in [3.63, 3.8) is 0 Å². The van der Waals surface area contributed by atoms with E-state index in [4.69, 9.17) is 0 Å². The largest absolute Gasteiger partial charge is 0.389 e. The summed E-state index contributed by atoms with van der Waals surface area (Å²) in [5, 5.41) is 23.6. The SMILES string of the molecule is CC(C)CC(C)(O)CNCC(O)c1ccc(C(C)C)cc1. The van der Waals surface area contributed by atoms with Crippen molar-refractivity contribution in [2.24, 2.45) is 5.92 Å². The van der Waals surface area contributed by atoms with Gasteiger partial charge in [0.15, 0.2) is 0 Å². The molecule has 0 spiro atoms. The summed E-state index contributed by atoms with van der Waals surface area (Å²) < 4.78 is 0. The zero-order valence-corrected chi connectivity index (χ0v) is 14.1. The molecule has 0 heterocycles. The van der Waals surface area contributed by atoms with E-state index in [2.05, 4.69) is 45.1 Å². The van der Waals surface area contributed by atoms with Crippen LogP contribution in [0.3, 0.4) is 0 Å². The maximum atomic E-state index is 10.2. The van der Waals surface area contributed by atoms with Crippen LogP contribution in [0, 0.1) is 5.92 Å². The van der Waals surface area contributed by atoms with Crippen LogP contribution in [-0.4, -0.2) is 28.9 Å². The van der Waals surface area contributed by atoms with Gasteiger partial charge in [-0.1, -0.05) is 52.0 Å². The van der Waals surface area contributed by atoms with Crippen LogP contribution in [0.25, 0.3) is 0 Å². The first-order valence-electron chi connectivity index (χ1n) is 7.92. The van der Waals surface area contributed by atoms with Gasteiger partial charge in [0.25, 0.3) is 0 Å². The highest BCUT2D eigenvalue weighted by atomic mass is 16.3. The quantitative estimate of drug-likeness (QED) is 0.690. The van der Waals surface area contributed by atoms with E-state index in [1.807, 2.05) is 19.1 Å². The lowest BCUT2D eigenvalue weighted by molar-refractivity contribution is 0.0352. The van der Waals surface area contributed by atoms with Crippen LogP contribution in [0.1, 0.15) is 64.2 Å². The molecule has 3 nitrogen and oxygen atoms in total. The Kier molecular flexibility index (Phi) is 6.85. The Morgan fingerprint density at radius 3 is 2.05 bits per heavy atom. The molecule has 2 unspecified atom stereocenters. The van der Waals surface area contributed by atoms with Crippen molar-refractivity contribution in [3.05, 3.63) is 35.4 Å². The third-order valence-corrected chi connectivity index (χ3v) is 3.68. The summed E-state index contributed by atoms with van der Waals surface area (Å²) >= 11 is 0. The van der Waals surface area contributed by atoms with E-state index < -0.39 is 11.7 Å². The van der Waals surface area contributed by atoms with Gasteiger partial charge in [-0.15, -0.1) is 0 Å². The second-order valence-corrected chi connectivity index (χ2v) is 7.06. The minimum absolute atomic E-state index is 0.454. The molecule has 0 saturated heterocycles. The molecule has 2 atom stereocenters. The van der Waals surface area contributed by atoms with E-state index in [0.29, 0.717) is 24.9 Å². The van der Waals surface area contributed by atoms with Crippen molar-refractivity contribution >= 4 is 0 Å². The van der Waals surface area contributed by atoms with Crippen molar-refractivity contribution in [2.75, 3.05) is 13.1 Å². The predicted octanol–water partition coefficient (Wildman–Crippen LogP) is 3.23. The number of nitrogens with one attached hydrogen (secondary N) is 1. The third-order valence-electron chi connectivity index (χ3n) is 3.68. The molecule has 1 aromatic rings. The number of hydrogen-bond donors (Lipinski definition) is 3. The lowest BCUT2D eigenvalue weighted by atomic mass is 9.94. The van der Waals surface area contributed by atoms with Gasteiger partial charge in [0.05, 0.1) is 11.7 Å². The second kappa shape index (κ2) is 7.92. The van der Waals surface area contributed by atoms with Crippen molar-refractivity contribution in [1.29, 1.82) is 0 Å². The van der Waals surface area contributed by atoms with Crippen LogP contribution in [-0.2, 0) is 0 Å². The van der Waals surface area contributed by atoms with E-state index in [0.717, 1.165) is 12.0 Å². The van der Waals surface area contributed by atoms with Crippen LogP contribution in [0.5, 0.6) is 0 Å². The minimum Gasteiger partial charge on any atom is -0.389 e. The van der Waals surface area contributed by atoms with E-state index >= 15 is 0 Å². The van der Waals surface area contributed by atoms with Gasteiger partial charge in [0.2, 0.25) is 0 Å². The minimum atomic E-state index is -0.727. The molecule has 0 aromatic heterocycles. The summed E-state index contributed by atoms with van der Waals surface area (Å²) in [6.45, 7) is 11.3. The van der Waals surface area contributed by atoms with Crippen molar-refractivity contribution in [2.45, 2.75) is 58.7 Å². The van der Waals surface area contributed by atoms with Crippen LogP contribution in [0.4, 0.5) is 0 Å². The summed E-state index contributed by atoms with van der Waals surface area (Å²) in [6.07, 6.45) is 0.209. The smallest absolute Gasteiger partial charge is 0.0914 e. The summed E-state index contributed by atoms with van der Waals surface area (Å²) in [5.74, 6) is 0.954. The molecule has 0 bridgehead atoms. The Bertz CT molecular complexity index is 410. The average Bonchev–Trinajstić information content (AvgIpc) is 2.36. The average molecular weight is 293 g/mol. The Balaban J connectivity index is 2.45. The fourth-order valence-electron chi connectivity index (χ4n) is 2.65. The van der Waals surface area contributed by atoms with Crippen molar-refractivity contribution in [3.8, 4) is 0 Å². The molecule has 0 radical (unpaired) electrons. The first kappa shape index (κ1) is 18.1. The molecule has 0 aliphatic heterocycles. The summed E-state index contributed by atoms with van der Waals surface area (Å²) in [5.41, 5.74) is 1.46. The number of hydrogen-bond acceptors (Lipinski definition) is 3. The summed E-state index contributed by atoms with van der Waals surface area (Å²) in [6, 6.07) is 8.10.